The van der Waals surface area contributed by atoms with E-state index in [2.05, 4.69) is 9.28 Å². The Balaban J connectivity index is 2.61. The van der Waals surface area contributed by atoms with Crippen LogP contribution >= 0.6 is 23.2 Å². The summed E-state index contributed by atoms with van der Waals surface area (Å²) in [5.74, 6) is 0.335. The molecule has 11 heteroatoms. The number of halogens is 2. The van der Waals surface area contributed by atoms with Crippen molar-refractivity contribution in [2.75, 3.05) is 6.61 Å². The van der Waals surface area contributed by atoms with E-state index < -0.39 is 21.6 Å². The highest BCUT2D eigenvalue weighted by Gasteiger charge is 2.28. The largest absolute Gasteiger partial charge is 0.477 e. The van der Waals surface area contributed by atoms with Crippen LogP contribution in [0.25, 0.3) is 5.57 Å². The Morgan fingerprint density at radius 1 is 1.25 bits per heavy atom. The Labute approximate surface area is 198 Å². The standard InChI is InChI=1S/C21H27Cl2N3O5S/c1-5-6-9-30-19-11-18(16(21(2,3)4)13-32(28,29)31-20(24)27)26(25-19)12-14-7-8-15(22)10-17(14)23/h7-8,10-11,13H,5-6,9,12H2,1-4H3,(H2,24,27). The maximum atomic E-state index is 12.4. The molecule has 1 aromatic carbocycles. The van der Waals surface area contributed by atoms with Gasteiger partial charge in [0.1, 0.15) is 0 Å². The summed E-state index contributed by atoms with van der Waals surface area (Å²) in [7, 11) is -4.39. The fourth-order valence-electron chi connectivity index (χ4n) is 2.84. The van der Waals surface area contributed by atoms with E-state index in [1.54, 1.807) is 28.9 Å². The van der Waals surface area contributed by atoms with E-state index >= 15 is 0 Å². The number of nitrogens with two attached hydrogens (primary N) is 1. The van der Waals surface area contributed by atoms with Crippen LogP contribution in [0.2, 0.25) is 10.0 Å². The summed E-state index contributed by atoms with van der Waals surface area (Å²) < 4.78 is 36.3. The van der Waals surface area contributed by atoms with E-state index in [1.165, 1.54) is 0 Å². The number of allylic oxidation sites excluding steroid dienone is 1. The van der Waals surface area contributed by atoms with E-state index in [4.69, 9.17) is 33.7 Å². The van der Waals surface area contributed by atoms with Crippen molar-refractivity contribution in [3.05, 3.63) is 51.0 Å². The van der Waals surface area contributed by atoms with E-state index in [0.717, 1.165) is 23.8 Å². The number of amides is 1. The van der Waals surface area contributed by atoms with Gasteiger partial charge >= 0.3 is 16.2 Å². The molecule has 1 aromatic heterocycles. The second-order valence-corrected chi connectivity index (χ2v) is 10.4. The maximum absolute atomic E-state index is 12.4. The topological polar surface area (TPSA) is 114 Å². The minimum Gasteiger partial charge on any atom is -0.477 e. The minimum absolute atomic E-state index is 0.229. The lowest BCUT2D eigenvalue weighted by Crippen LogP contribution is -2.20. The van der Waals surface area contributed by atoms with Crippen molar-refractivity contribution in [1.82, 2.24) is 9.78 Å². The zero-order chi connectivity index (χ0) is 24.1. The van der Waals surface area contributed by atoms with Crippen LogP contribution in [0.3, 0.4) is 0 Å². The summed E-state index contributed by atoms with van der Waals surface area (Å²) in [5, 5.41) is 6.32. The predicted molar refractivity (Wildman–Crippen MR) is 125 cm³/mol. The summed E-state index contributed by atoms with van der Waals surface area (Å²) in [4.78, 5) is 11.0. The average molecular weight is 504 g/mol. The highest BCUT2D eigenvalue weighted by molar-refractivity contribution is 7.90. The Morgan fingerprint density at radius 2 is 1.94 bits per heavy atom. The van der Waals surface area contributed by atoms with Crippen molar-refractivity contribution in [2.24, 2.45) is 11.1 Å². The highest BCUT2D eigenvalue weighted by atomic mass is 35.5. The number of ether oxygens (including phenoxy) is 1. The number of hydrogen-bond donors (Lipinski definition) is 1. The number of hydrogen-bond acceptors (Lipinski definition) is 6. The maximum Gasteiger partial charge on any atom is 0.420 e. The normalized spacial score (nSPS) is 12.6. The van der Waals surface area contributed by atoms with Gasteiger partial charge in [-0.2, -0.15) is 8.42 Å². The number of unbranched alkanes of at least 4 members (excludes halogenated alkanes) is 1. The third-order valence-electron chi connectivity index (χ3n) is 4.39. The Bertz CT molecular complexity index is 1110. The molecule has 0 atom stereocenters. The molecule has 0 spiro atoms. The first-order valence-electron chi connectivity index (χ1n) is 9.93. The van der Waals surface area contributed by atoms with Crippen molar-refractivity contribution in [3.63, 3.8) is 0 Å². The van der Waals surface area contributed by atoms with Gasteiger partial charge in [-0.25, -0.2) is 4.79 Å². The number of primary amides is 1. The zero-order valence-electron chi connectivity index (χ0n) is 18.4. The molecular weight excluding hydrogens is 477 g/mol. The fourth-order valence-corrected chi connectivity index (χ4v) is 4.35. The molecule has 2 rings (SSSR count). The van der Waals surface area contributed by atoms with Crippen molar-refractivity contribution >= 4 is 45.0 Å². The number of aromatic nitrogens is 2. The Kier molecular flexibility index (Phi) is 8.61. The molecular formula is C21H27Cl2N3O5S. The van der Waals surface area contributed by atoms with Crippen molar-refractivity contribution in [3.8, 4) is 5.88 Å². The van der Waals surface area contributed by atoms with Crippen LogP contribution in [-0.2, 0) is 20.8 Å². The molecule has 0 unspecified atom stereocenters. The molecule has 2 aromatic rings. The van der Waals surface area contributed by atoms with Crippen LogP contribution in [0.15, 0.2) is 29.7 Å². The molecule has 8 nitrogen and oxygen atoms in total. The molecule has 0 radical (unpaired) electrons. The fraction of sp³-hybridized carbons (Fsp3) is 0.429. The molecule has 176 valence electrons. The molecule has 0 saturated heterocycles. The zero-order valence-corrected chi connectivity index (χ0v) is 20.7. The second-order valence-electron chi connectivity index (χ2n) is 8.14. The van der Waals surface area contributed by atoms with Crippen LogP contribution in [0.4, 0.5) is 4.79 Å². The molecule has 0 aliphatic carbocycles. The molecule has 0 aliphatic heterocycles. The number of carbonyl (C=O) groups is 1. The first-order valence-corrected chi connectivity index (χ1v) is 12.2. The molecule has 0 saturated carbocycles. The SMILES string of the molecule is CCCCOc1cc(C(=CS(=O)(=O)OC(N)=O)C(C)(C)C)n(Cc2ccc(Cl)cc2Cl)n1. The van der Waals surface area contributed by atoms with E-state index in [0.29, 0.717) is 33.8 Å². The average Bonchev–Trinajstić information content (AvgIpc) is 3.02. The minimum atomic E-state index is -4.39. The van der Waals surface area contributed by atoms with E-state index in [1.807, 2.05) is 27.7 Å². The van der Waals surface area contributed by atoms with Crippen LogP contribution in [-0.4, -0.2) is 30.9 Å². The third kappa shape index (κ3) is 7.43. The summed E-state index contributed by atoms with van der Waals surface area (Å²) in [6.07, 6.45) is 0.372. The van der Waals surface area contributed by atoms with Crippen LogP contribution in [0.5, 0.6) is 5.88 Å². The van der Waals surface area contributed by atoms with Gasteiger partial charge in [-0.1, -0.05) is 63.4 Å². The smallest absolute Gasteiger partial charge is 0.420 e. The monoisotopic (exact) mass is 503 g/mol. The van der Waals surface area contributed by atoms with Gasteiger partial charge in [-0.3, -0.25) is 4.68 Å². The highest BCUT2D eigenvalue weighted by Crippen LogP contribution is 2.37. The van der Waals surface area contributed by atoms with Crippen LogP contribution in [0.1, 0.15) is 51.8 Å². The third-order valence-corrected chi connectivity index (χ3v) is 5.89. The van der Waals surface area contributed by atoms with Gasteiger partial charge in [0.15, 0.2) is 0 Å². The number of carbonyl (C=O) groups excluding carboxylic acids is 1. The van der Waals surface area contributed by atoms with Gasteiger partial charge in [0.2, 0.25) is 5.88 Å². The van der Waals surface area contributed by atoms with Gasteiger partial charge in [0.05, 0.1) is 24.3 Å². The number of benzene rings is 1. The lowest BCUT2D eigenvalue weighted by atomic mass is 9.85. The summed E-state index contributed by atoms with van der Waals surface area (Å²) >= 11 is 12.3. The lowest BCUT2D eigenvalue weighted by molar-refractivity contribution is 0.213. The Hall–Kier alpha value is -2.23. The molecule has 2 N–H and O–H groups in total. The van der Waals surface area contributed by atoms with Crippen LogP contribution in [0, 0.1) is 5.41 Å². The first kappa shape index (κ1) is 26.0. The van der Waals surface area contributed by atoms with Gasteiger partial charge in [0, 0.05) is 16.1 Å². The summed E-state index contributed by atoms with van der Waals surface area (Å²) in [6.45, 7) is 8.20. The van der Waals surface area contributed by atoms with Crippen molar-refractivity contribution in [1.29, 1.82) is 0 Å². The summed E-state index contributed by atoms with van der Waals surface area (Å²) in [5.41, 5.74) is 5.77. The van der Waals surface area contributed by atoms with Gasteiger partial charge in [-0.05, 0) is 35.1 Å². The second kappa shape index (κ2) is 10.6. The van der Waals surface area contributed by atoms with Crippen LogP contribution < -0.4 is 10.5 Å². The van der Waals surface area contributed by atoms with E-state index in [9.17, 15) is 13.2 Å². The number of nitrogens with zero attached hydrogens (tertiary/aromatic N) is 2. The molecule has 32 heavy (non-hydrogen) atoms. The van der Waals surface area contributed by atoms with Crippen molar-refractivity contribution < 1.29 is 22.1 Å². The van der Waals surface area contributed by atoms with Gasteiger partial charge in [-0.15, -0.1) is 5.10 Å². The molecule has 0 aliphatic rings. The van der Waals surface area contributed by atoms with E-state index in [-0.39, 0.29) is 6.54 Å². The summed E-state index contributed by atoms with van der Waals surface area (Å²) in [6, 6.07) is 6.74. The molecule has 1 amide bonds. The Morgan fingerprint density at radius 3 is 2.50 bits per heavy atom. The van der Waals surface area contributed by atoms with Crippen molar-refractivity contribution in [2.45, 2.75) is 47.1 Å². The predicted octanol–water partition coefficient (Wildman–Crippen LogP) is 5.23. The quantitative estimate of drug-likeness (QED) is 0.370. The van der Waals surface area contributed by atoms with Gasteiger partial charge in [0.25, 0.3) is 0 Å². The molecule has 0 bridgehead atoms. The molecule has 0 fully saturated rings. The number of rotatable bonds is 9. The lowest BCUT2D eigenvalue weighted by Gasteiger charge is -2.23. The molecule has 1 heterocycles. The van der Waals surface area contributed by atoms with Gasteiger partial charge < -0.3 is 14.7 Å². The first-order chi connectivity index (χ1) is 14.8.